The molecule has 0 radical (unpaired) electrons. The van der Waals surface area contributed by atoms with Crippen LogP contribution >= 0.6 is 0 Å². The van der Waals surface area contributed by atoms with Crippen molar-refractivity contribution in [3.8, 4) is 11.6 Å². The molecule has 0 saturated carbocycles. The summed E-state index contributed by atoms with van der Waals surface area (Å²) in [5.41, 5.74) is 0.975. The van der Waals surface area contributed by atoms with Gasteiger partial charge in [0.25, 0.3) is 11.8 Å². The average Bonchev–Trinajstić information content (AvgIpc) is 3.18. The van der Waals surface area contributed by atoms with Crippen molar-refractivity contribution in [3.05, 3.63) is 65.9 Å². The van der Waals surface area contributed by atoms with Gasteiger partial charge in [0, 0.05) is 30.8 Å². The minimum atomic E-state index is -0.414. The van der Waals surface area contributed by atoms with Crippen LogP contribution in [0.3, 0.4) is 0 Å². The summed E-state index contributed by atoms with van der Waals surface area (Å²) in [7, 11) is 0. The fourth-order valence-corrected chi connectivity index (χ4v) is 3.17. The monoisotopic (exact) mass is 352 g/mol. The van der Waals surface area contributed by atoms with Crippen LogP contribution in [-0.2, 0) is 0 Å². The van der Waals surface area contributed by atoms with Gasteiger partial charge < -0.3 is 9.42 Å². The molecule has 0 spiro atoms. The highest BCUT2D eigenvalue weighted by Gasteiger charge is 2.29. The van der Waals surface area contributed by atoms with Crippen molar-refractivity contribution < 1.29 is 13.7 Å². The first kappa shape index (κ1) is 16.4. The second-order valence-corrected chi connectivity index (χ2v) is 6.27. The summed E-state index contributed by atoms with van der Waals surface area (Å²) in [5.74, 6) is 0.337. The van der Waals surface area contributed by atoms with Gasteiger partial charge in [-0.15, -0.1) is 0 Å². The van der Waals surface area contributed by atoms with E-state index in [1.807, 2.05) is 12.1 Å². The highest BCUT2D eigenvalue weighted by atomic mass is 19.1. The molecule has 1 fully saturated rings. The van der Waals surface area contributed by atoms with Crippen LogP contribution in [0.15, 0.2) is 53.2 Å². The molecule has 1 atom stereocenters. The lowest BCUT2D eigenvalue weighted by Gasteiger charge is -2.31. The van der Waals surface area contributed by atoms with Crippen LogP contribution in [0.5, 0.6) is 0 Å². The first-order valence-corrected chi connectivity index (χ1v) is 8.50. The number of rotatable bonds is 3. The highest BCUT2D eigenvalue weighted by Crippen LogP contribution is 2.27. The largest absolute Gasteiger partial charge is 0.338 e. The van der Waals surface area contributed by atoms with E-state index < -0.39 is 5.82 Å². The van der Waals surface area contributed by atoms with Crippen molar-refractivity contribution in [3.63, 3.8) is 0 Å². The summed E-state index contributed by atoms with van der Waals surface area (Å²) >= 11 is 0. The summed E-state index contributed by atoms with van der Waals surface area (Å²) in [6.45, 7) is 1.12. The normalized spacial score (nSPS) is 17.3. The number of carbonyl (C=O) groups excluding carboxylic acids is 1. The van der Waals surface area contributed by atoms with Crippen LogP contribution in [0.25, 0.3) is 11.6 Å². The molecule has 6 nitrogen and oxygen atoms in total. The van der Waals surface area contributed by atoms with Crippen LogP contribution in [0.2, 0.25) is 0 Å². The zero-order valence-corrected chi connectivity index (χ0v) is 14.0. The quantitative estimate of drug-likeness (QED) is 0.723. The van der Waals surface area contributed by atoms with Crippen molar-refractivity contribution >= 4 is 5.91 Å². The number of likely N-dealkylation sites (tertiary alicyclic amines) is 1. The van der Waals surface area contributed by atoms with Crippen molar-refractivity contribution in [1.82, 2.24) is 20.0 Å². The molecular formula is C19H17FN4O2. The Labute approximate surface area is 149 Å². The van der Waals surface area contributed by atoms with E-state index in [2.05, 4.69) is 15.1 Å². The predicted octanol–water partition coefficient (Wildman–Crippen LogP) is 3.29. The van der Waals surface area contributed by atoms with E-state index in [-0.39, 0.29) is 11.8 Å². The van der Waals surface area contributed by atoms with E-state index >= 15 is 0 Å². The SMILES string of the molecule is O=C(c1cccc(F)c1)N1CCC[C@H](c2noc(-c3ccccn3)n2)C1. The number of nitrogens with zero attached hydrogens (tertiary/aromatic N) is 4. The van der Waals surface area contributed by atoms with Gasteiger partial charge in [0.2, 0.25) is 0 Å². The Kier molecular flexibility index (Phi) is 4.43. The second kappa shape index (κ2) is 7.03. The van der Waals surface area contributed by atoms with Crippen LogP contribution in [-0.4, -0.2) is 39.0 Å². The number of halogens is 1. The molecule has 1 amide bonds. The second-order valence-electron chi connectivity index (χ2n) is 6.27. The molecule has 0 N–H and O–H groups in total. The lowest BCUT2D eigenvalue weighted by Crippen LogP contribution is -2.39. The van der Waals surface area contributed by atoms with Crippen LogP contribution < -0.4 is 0 Å². The molecule has 26 heavy (non-hydrogen) atoms. The Balaban J connectivity index is 1.50. The van der Waals surface area contributed by atoms with Gasteiger partial charge in [-0.25, -0.2) is 4.39 Å². The molecule has 1 aromatic carbocycles. The lowest BCUT2D eigenvalue weighted by atomic mass is 9.96. The van der Waals surface area contributed by atoms with E-state index in [1.54, 1.807) is 29.3 Å². The topological polar surface area (TPSA) is 72.1 Å². The lowest BCUT2D eigenvalue weighted by molar-refractivity contribution is 0.0703. The molecular weight excluding hydrogens is 335 g/mol. The van der Waals surface area contributed by atoms with E-state index in [0.29, 0.717) is 36.1 Å². The number of hydrogen-bond acceptors (Lipinski definition) is 5. The van der Waals surface area contributed by atoms with Gasteiger partial charge in [0.1, 0.15) is 11.5 Å². The molecule has 0 unspecified atom stereocenters. The van der Waals surface area contributed by atoms with E-state index in [0.717, 1.165) is 12.8 Å². The van der Waals surface area contributed by atoms with E-state index in [1.165, 1.54) is 12.1 Å². The fraction of sp³-hybridized carbons (Fsp3) is 0.263. The Morgan fingerprint density at radius 3 is 2.96 bits per heavy atom. The predicted molar refractivity (Wildman–Crippen MR) is 91.8 cm³/mol. The smallest absolute Gasteiger partial charge is 0.276 e. The average molecular weight is 352 g/mol. The van der Waals surface area contributed by atoms with Crippen LogP contribution in [0, 0.1) is 5.82 Å². The Morgan fingerprint density at radius 1 is 1.23 bits per heavy atom. The molecule has 3 heterocycles. The maximum absolute atomic E-state index is 13.4. The molecule has 3 aromatic rings. The first-order chi connectivity index (χ1) is 12.7. The Hall–Kier alpha value is -3.09. The van der Waals surface area contributed by atoms with Crippen molar-refractivity contribution in [1.29, 1.82) is 0 Å². The molecule has 0 aliphatic carbocycles. The third kappa shape index (κ3) is 3.33. The van der Waals surface area contributed by atoms with Gasteiger partial charge in [-0.1, -0.05) is 17.3 Å². The van der Waals surface area contributed by atoms with Crippen LogP contribution in [0.4, 0.5) is 4.39 Å². The van der Waals surface area contributed by atoms with Gasteiger partial charge in [0.05, 0.1) is 0 Å². The number of pyridine rings is 1. The number of piperidine rings is 1. The molecule has 2 aromatic heterocycles. The number of hydrogen-bond donors (Lipinski definition) is 0. The molecule has 132 valence electrons. The Morgan fingerprint density at radius 2 is 2.15 bits per heavy atom. The number of amides is 1. The van der Waals surface area contributed by atoms with Crippen molar-refractivity contribution in [2.45, 2.75) is 18.8 Å². The summed E-state index contributed by atoms with van der Waals surface area (Å²) in [4.78, 5) is 23.0. The molecule has 4 rings (SSSR count). The van der Waals surface area contributed by atoms with Gasteiger partial charge in [-0.3, -0.25) is 9.78 Å². The molecule has 7 heteroatoms. The summed E-state index contributed by atoms with van der Waals surface area (Å²) in [5, 5.41) is 4.07. The van der Waals surface area contributed by atoms with Gasteiger partial charge in [0.15, 0.2) is 5.82 Å². The number of aromatic nitrogens is 3. The maximum atomic E-state index is 13.4. The molecule has 1 aliphatic heterocycles. The zero-order valence-electron chi connectivity index (χ0n) is 14.0. The van der Waals surface area contributed by atoms with Crippen molar-refractivity contribution in [2.75, 3.05) is 13.1 Å². The first-order valence-electron chi connectivity index (χ1n) is 8.50. The van der Waals surface area contributed by atoms with Gasteiger partial charge in [-0.05, 0) is 43.2 Å². The fourth-order valence-electron chi connectivity index (χ4n) is 3.17. The van der Waals surface area contributed by atoms with Crippen molar-refractivity contribution in [2.24, 2.45) is 0 Å². The summed E-state index contributed by atoms with van der Waals surface area (Å²) < 4.78 is 18.7. The zero-order chi connectivity index (χ0) is 17.9. The maximum Gasteiger partial charge on any atom is 0.276 e. The summed E-state index contributed by atoms with van der Waals surface area (Å²) in [6, 6.07) is 11.2. The molecule has 0 bridgehead atoms. The number of benzene rings is 1. The van der Waals surface area contributed by atoms with E-state index in [4.69, 9.17) is 4.52 Å². The van der Waals surface area contributed by atoms with Gasteiger partial charge >= 0.3 is 0 Å². The third-order valence-electron chi connectivity index (χ3n) is 4.47. The third-order valence-corrected chi connectivity index (χ3v) is 4.47. The number of carbonyl (C=O) groups is 1. The molecule has 1 saturated heterocycles. The van der Waals surface area contributed by atoms with Crippen LogP contribution in [0.1, 0.15) is 34.9 Å². The highest BCUT2D eigenvalue weighted by molar-refractivity contribution is 5.94. The molecule has 1 aliphatic rings. The standard InChI is InChI=1S/C19H17FN4O2/c20-15-7-3-5-13(11-15)19(25)24-10-4-6-14(12-24)17-22-18(26-23-17)16-8-1-2-9-21-16/h1-3,5,7-9,11,14H,4,6,10,12H2/t14-/m0/s1. The Bertz CT molecular complexity index is 913. The van der Waals surface area contributed by atoms with Gasteiger partial charge in [-0.2, -0.15) is 4.98 Å². The minimum absolute atomic E-state index is 0.0116. The van der Waals surface area contributed by atoms with E-state index in [9.17, 15) is 9.18 Å². The minimum Gasteiger partial charge on any atom is -0.338 e. The summed E-state index contributed by atoms with van der Waals surface area (Å²) in [6.07, 6.45) is 3.37.